The van der Waals surface area contributed by atoms with Gasteiger partial charge in [-0.25, -0.2) is 0 Å². The van der Waals surface area contributed by atoms with Crippen molar-refractivity contribution in [3.63, 3.8) is 0 Å². The van der Waals surface area contributed by atoms with Crippen LogP contribution >= 0.6 is 23.6 Å². The highest BCUT2D eigenvalue weighted by Gasteiger charge is 2.35. The number of nitrogens with zero attached hydrogens (tertiary/aromatic N) is 3. The molecule has 4 heterocycles. The predicted octanol–water partition coefficient (Wildman–Crippen LogP) is 5.65. The van der Waals surface area contributed by atoms with Crippen molar-refractivity contribution >= 4 is 94.7 Å². The van der Waals surface area contributed by atoms with Crippen LogP contribution in [0.25, 0.3) is 54.3 Å². The quantitative estimate of drug-likeness (QED) is 0.174. The minimum atomic E-state index is -0.376. The first-order valence-corrected chi connectivity index (χ1v) is 12.1. The number of pyridine rings is 1. The highest BCUT2D eigenvalue weighted by Crippen LogP contribution is 2.43. The molecule has 1 aliphatic heterocycles. The van der Waals surface area contributed by atoms with Gasteiger partial charge in [-0.15, -0.1) is 11.3 Å². The van der Waals surface area contributed by atoms with Crippen molar-refractivity contribution in [2.75, 3.05) is 14.1 Å². The second-order valence-corrected chi connectivity index (χ2v) is 10.1. The number of hydrogen-bond acceptors (Lipinski definition) is 4. The van der Waals surface area contributed by atoms with E-state index in [4.69, 9.17) is 12.2 Å². The maximum Gasteiger partial charge on any atom is 0.265 e. The van der Waals surface area contributed by atoms with E-state index < -0.39 is 0 Å². The van der Waals surface area contributed by atoms with Crippen molar-refractivity contribution in [3.8, 4) is 0 Å². The van der Waals surface area contributed by atoms with Crippen molar-refractivity contribution in [2.45, 2.75) is 0 Å². The van der Waals surface area contributed by atoms with Crippen molar-refractivity contribution in [1.82, 2.24) is 14.2 Å². The molecular formula is C27H17N3O2S2. The lowest BCUT2D eigenvalue weighted by atomic mass is 10.0. The highest BCUT2D eigenvalue weighted by molar-refractivity contribution is 7.80. The summed E-state index contributed by atoms with van der Waals surface area (Å²) in [5, 5.41) is 7.35. The molecular weight excluding hydrogens is 462 g/mol. The van der Waals surface area contributed by atoms with Gasteiger partial charge in [-0.05, 0) is 41.2 Å². The second-order valence-electron chi connectivity index (χ2n) is 8.65. The van der Waals surface area contributed by atoms with Gasteiger partial charge in [0.15, 0.2) is 5.11 Å². The number of hydrogen-bond donors (Lipinski definition) is 0. The van der Waals surface area contributed by atoms with Gasteiger partial charge in [0.25, 0.3) is 11.8 Å². The topological polar surface area (TPSA) is 45.0 Å². The van der Waals surface area contributed by atoms with E-state index in [1.54, 1.807) is 31.5 Å². The SMILES string of the molecule is CN1C(=O)C(=Cc2cc3c4cccc5ccc6c7ccccc7n(c3s2)c6c54)C(=O)N(C)C1=S. The first-order valence-electron chi connectivity index (χ1n) is 10.9. The van der Waals surface area contributed by atoms with E-state index in [1.807, 2.05) is 0 Å². The third-order valence-electron chi connectivity index (χ3n) is 6.83. The molecule has 0 bridgehead atoms. The lowest BCUT2D eigenvalue weighted by molar-refractivity contribution is -0.132. The second kappa shape index (κ2) is 6.62. The molecule has 3 aromatic heterocycles. The summed E-state index contributed by atoms with van der Waals surface area (Å²) in [6, 6.07) is 21.3. The maximum atomic E-state index is 12.9. The van der Waals surface area contributed by atoms with Gasteiger partial charge in [-0.1, -0.05) is 48.5 Å². The Morgan fingerprint density at radius 3 is 2.35 bits per heavy atom. The summed E-state index contributed by atoms with van der Waals surface area (Å²) in [7, 11) is 3.20. The third kappa shape index (κ3) is 2.35. The molecule has 34 heavy (non-hydrogen) atoms. The van der Waals surface area contributed by atoms with Gasteiger partial charge in [0.05, 0.1) is 11.0 Å². The molecule has 1 aliphatic rings. The number of aromatic nitrogens is 1. The maximum absolute atomic E-state index is 12.9. The molecule has 5 nitrogen and oxygen atoms in total. The number of thiocarbonyl (C=S) groups is 1. The van der Waals surface area contributed by atoms with E-state index >= 15 is 0 Å². The Kier molecular flexibility index (Phi) is 3.82. The van der Waals surface area contributed by atoms with Gasteiger partial charge in [0.2, 0.25) is 0 Å². The van der Waals surface area contributed by atoms with Crippen LogP contribution in [-0.4, -0.2) is 45.2 Å². The van der Waals surface area contributed by atoms with Crippen LogP contribution in [-0.2, 0) is 9.59 Å². The number of carbonyl (C=O) groups is 2. The fraction of sp³-hybridized carbons (Fsp3) is 0.0741. The van der Waals surface area contributed by atoms with Crippen molar-refractivity contribution in [1.29, 1.82) is 0 Å². The van der Waals surface area contributed by atoms with Crippen molar-refractivity contribution in [3.05, 3.63) is 71.1 Å². The smallest absolute Gasteiger partial charge is 0.265 e. The van der Waals surface area contributed by atoms with Crippen LogP contribution in [0.5, 0.6) is 0 Å². The summed E-state index contributed by atoms with van der Waals surface area (Å²) in [6.07, 6.45) is 1.70. The molecule has 1 fully saturated rings. The monoisotopic (exact) mass is 479 g/mol. The fourth-order valence-electron chi connectivity index (χ4n) is 5.21. The van der Waals surface area contributed by atoms with Gasteiger partial charge >= 0.3 is 0 Å². The average Bonchev–Trinajstić information content (AvgIpc) is 3.43. The molecule has 0 N–H and O–H groups in total. The Bertz CT molecular complexity index is 1880. The number of rotatable bonds is 1. The number of likely N-dealkylation sites (N-methyl/N-ethyl adjacent to an activating group) is 2. The molecule has 0 unspecified atom stereocenters. The zero-order chi connectivity index (χ0) is 23.3. The minimum absolute atomic E-state index is 0.121. The van der Waals surface area contributed by atoms with Gasteiger partial charge in [0.1, 0.15) is 10.4 Å². The lowest BCUT2D eigenvalue weighted by Crippen LogP contribution is -2.52. The van der Waals surface area contributed by atoms with Gasteiger partial charge in [-0.3, -0.25) is 23.8 Å². The van der Waals surface area contributed by atoms with E-state index in [1.165, 1.54) is 42.2 Å². The molecule has 6 aromatic rings. The standard InChI is InChI=1S/C27H17N3O2S2/c1-28-24(31)20(25(32)29(2)27(28)33)13-15-12-19-17-8-5-6-14-10-11-18-16-7-3-4-9-21(16)30(26(19)34-15)23(18)22(14)17/h3-13H,1-2H3. The zero-order valence-electron chi connectivity index (χ0n) is 18.3. The number of thiophene rings is 1. The largest absolute Gasteiger partial charge is 0.299 e. The summed E-state index contributed by atoms with van der Waals surface area (Å²) >= 11 is 6.81. The van der Waals surface area contributed by atoms with Crippen LogP contribution in [0.15, 0.2) is 66.2 Å². The average molecular weight is 480 g/mol. The van der Waals surface area contributed by atoms with E-state index in [0.717, 1.165) is 20.6 Å². The van der Waals surface area contributed by atoms with Gasteiger partial charge < -0.3 is 0 Å². The molecule has 0 spiro atoms. The van der Waals surface area contributed by atoms with Crippen LogP contribution in [0, 0.1) is 0 Å². The summed E-state index contributed by atoms with van der Waals surface area (Å²) in [5.41, 5.74) is 2.48. The Hall–Kier alpha value is -3.81. The lowest BCUT2D eigenvalue weighted by Gasteiger charge is -2.31. The summed E-state index contributed by atoms with van der Waals surface area (Å²) in [4.78, 5) is 30.4. The van der Waals surface area contributed by atoms with Gasteiger partial charge in [-0.2, -0.15) is 0 Å². The van der Waals surface area contributed by atoms with Gasteiger partial charge in [0, 0.05) is 40.5 Å². The Morgan fingerprint density at radius 1 is 0.824 bits per heavy atom. The summed E-state index contributed by atoms with van der Waals surface area (Å²) < 4.78 is 2.33. The van der Waals surface area contributed by atoms with Crippen LogP contribution in [0.4, 0.5) is 0 Å². The van der Waals surface area contributed by atoms with Crippen LogP contribution in [0.1, 0.15) is 4.88 Å². The normalized spacial score (nSPS) is 15.4. The minimum Gasteiger partial charge on any atom is -0.299 e. The number of amides is 2. The third-order valence-corrected chi connectivity index (χ3v) is 8.45. The number of para-hydroxylation sites is 1. The molecule has 7 rings (SSSR count). The van der Waals surface area contributed by atoms with Crippen molar-refractivity contribution in [2.24, 2.45) is 0 Å². The molecule has 0 radical (unpaired) electrons. The molecule has 0 atom stereocenters. The highest BCUT2D eigenvalue weighted by atomic mass is 32.1. The molecule has 164 valence electrons. The van der Waals surface area contributed by atoms with Crippen LogP contribution in [0.2, 0.25) is 0 Å². The zero-order valence-corrected chi connectivity index (χ0v) is 20.0. The summed E-state index contributed by atoms with van der Waals surface area (Å²) in [5.74, 6) is -0.752. The number of fused-ring (bicyclic) bond motifs is 6. The fourth-order valence-corrected chi connectivity index (χ4v) is 6.51. The molecule has 3 aromatic carbocycles. The van der Waals surface area contributed by atoms with Crippen LogP contribution in [0.3, 0.4) is 0 Å². The summed E-state index contributed by atoms with van der Waals surface area (Å²) in [6.45, 7) is 0. The molecule has 0 aliphatic carbocycles. The molecule has 0 saturated carbocycles. The molecule has 2 amide bonds. The number of carbonyl (C=O) groups excluding carboxylic acids is 2. The van der Waals surface area contributed by atoms with E-state index in [9.17, 15) is 9.59 Å². The first kappa shape index (κ1) is 19.6. The first-order chi connectivity index (χ1) is 16.5. The van der Waals surface area contributed by atoms with E-state index in [0.29, 0.717) is 0 Å². The predicted molar refractivity (Wildman–Crippen MR) is 143 cm³/mol. The van der Waals surface area contributed by atoms with E-state index in [2.05, 4.69) is 65.1 Å². The Balaban J connectivity index is 1.60. The van der Waals surface area contributed by atoms with E-state index in [-0.39, 0.29) is 22.5 Å². The number of benzene rings is 3. The molecule has 1 saturated heterocycles. The van der Waals surface area contributed by atoms with Crippen molar-refractivity contribution < 1.29 is 9.59 Å². The van der Waals surface area contributed by atoms with Crippen LogP contribution < -0.4 is 0 Å². The molecule has 7 heteroatoms. The Labute approximate surface area is 203 Å². The Morgan fingerprint density at radius 2 is 1.56 bits per heavy atom.